The maximum Gasteiger partial charge on any atom is 0.228 e. The lowest BCUT2D eigenvalue weighted by Crippen LogP contribution is -2.39. The molecule has 1 saturated heterocycles. The number of nitrogens with one attached hydrogen (secondary N) is 1. The molecule has 1 N–H and O–H groups in total. The number of benzene rings is 1. The molecular formula is C19H20ClN5O. The summed E-state index contributed by atoms with van der Waals surface area (Å²) in [5.74, 6) is 1.50. The summed E-state index contributed by atoms with van der Waals surface area (Å²) in [6, 6.07) is 11.6. The molecule has 7 heteroatoms. The number of aryl methyl sites for hydroxylation is 1. The zero-order valence-electron chi connectivity index (χ0n) is 14.5. The third kappa shape index (κ3) is 3.24. The third-order valence-electron chi connectivity index (χ3n) is 4.89. The largest absolute Gasteiger partial charge is 0.342 e. The number of pyridine rings is 1. The van der Waals surface area contributed by atoms with Crippen LogP contribution in [0.5, 0.6) is 0 Å². The lowest BCUT2D eigenvalue weighted by Gasteiger charge is -2.31. The zero-order chi connectivity index (χ0) is 18.1. The van der Waals surface area contributed by atoms with E-state index in [0.29, 0.717) is 10.8 Å². The third-order valence-corrected chi connectivity index (χ3v) is 5.11. The van der Waals surface area contributed by atoms with Crippen molar-refractivity contribution in [1.29, 1.82) is 0 Å². The minimum absolute atomic E-state index is 0.0154. The summed E-state index contributed by atoms with van der Waals surface area (Å²) < 4.78 is 2.12. The SMILES string of the molecule is Cn1c(N2CCC(C(=O)Nc3ccc(Cl)cn3)CC2)nc2ccccc21. The predicted octanol–water partition coefficient (Wildman–Crippen LogP) is 3.48. The van der Waals surface area contributed by atoms with Gasteiger partial charge in [0.2, 0.25) is 11.9 Å². The van der Waals surface area contributed by atoms with Crippen LogP contribution >= 0.6 is 11.6 Å². The Balaban J connectivity index is 1.41. The topological polar surface area (TPSA) is 63.1 Å². The molecule has 0 saturated carbocycles. The number of aromatic nitrogens is 3. The molecule has 1 aliphatic rings. The number of carbonyl (C=O) groups excluding carboxylic acids is 1. The van der Waals surface area contributed by atoms with Crippen LogP contribution < -0.4 is 10.2 Å². The van der Waals surface area contributed by atoms with Gasteiger partial charge in [0.15, 0.2) is 0 Å². The van der Waals surface area contributed by atoms with E-state index < -0.39 is 0 Å². The van der Waals surface area contributed by atoms with E-state index in [-0.39, 0.29) is 11.8 Å². The Bertz CT molecular complexity index is 929. The normalized spacial score (nSPS) is 15.4. The highest BCUT2D eigenvalue weighted by atomic mass is 35.5. The fraction of sp³-hybridized carbons (Fsp3) is 0.316. The van der Waals surface area contributed by atoms with Crippen molar-refractivity contribution in [1.82, 2.24) is 14.5 Å². The van der Waals surface area contributed by atoms with Crippen molar-refractivity contribution in [3.63, 3.8) is 0 Å². The van der Waals surface area contributed by atoms with Crippen LogP contribution in [0.3, 0.4) is 0 Å². The molecule has 0 bridgehead atoms. The van der Waals surface area contributed by atoms with Gasteiger partial charge in [0.1, 0.15) is 5.82 Å². The Hall–Kier alpha value is -2.60. The molecule has 1 amide bonds. The standard InChI is InChI=1S/C19H20ClN5O/c1-24-16-5-3-2-4-15(16)22-19(24)25-10-8-13(9-11-25)18(26)23-17-7-6-14(20)12-21-17/h2-7,12-13H,8-11H2,1H3,(H,21,23,26). The number of para-hydroxylation sites is 2. The summed E-state index contributed by atoms with van der Waals surface area (Å²) in [4.78, 5) is 23.6. The molecule has 4 rings (SSSR count). The number of hydrogen-bond acceptors (Lipinski definition) is 4. The second kappa shape index (κ2) is 6.96. The average Bonchev–Trinajstić information content (AvgIpc) is 3.01. The van der Waals surface area contributed by atoms with Gasteiger partial charge in [-0.15, -0.1) is 0 Å². The highest BCUT2D eigenvalue weighted by Gasteiger charge is 2.27. The van der Waals surface area contributed by atoms with Crippen LogP contribution in [-0.2, 0) is 11.8 Å². The first kappa shape index (κ1) is 16.8. The van der Waals surface area contributed by atoms with Gasteiger partial charge >= 0.3 is 0 Å². The van der Waals surface area contributed by atoms with Crippen molar-refractivity contribution in [2.75, 3.05) is 23.3 Å². The number of fused-ring (bicyclic) bond motifs is 1. The zero-order valence-corrected chi connectivity index (χ0v) is 15.3. The van der Waals surface area contributed by atoms with Gasteiger partial charge in [0.05, 0.1) is 16.1 Å². The number of halogens is 1. The maximum atomic E-state index is 12.5. The monoisotopic (exact) mass is 369 g/mol. The van der Waals surface area contributed by atoms with Crippen molar-refractivity contribution in [3.8, 4) is 0 Å². The Labute approximate surface area is 156 Å². The van der Waals surface area contributed by atoms with E-state index in [4.69, 9.17) is 16.6 Å². The number of nitrogens with zero attached hydrogens (tertiary/aromatic N) is 4. The second-order valence-electron chi connectivity index (χ2n) is 6.57. The number of hydrogen-bond donors (Lipinski definition) is 1. The van der Waals surface area contributed by atoms with Gasteiger partial charge < -0.3 is 14.8 Å². The summed E-state index contributed by atoms with van der Waals surface area (Å²) in [7, 11) is 2.04. The molecule has 1 aliphatic heterocycles. The first-order chi connectivity index (χ1) is 12.6. The highest BCUT2D eigenvalue weighted by Crippen LogP contribution is 2.26. The second-order valence-corrected chi connectivity index (χ2v) is 7.01. The number of rotatable bonds is 3. The van der Waals surface area contributed by atoms with E-state index in [0.717, 1.165) is 42.9 Å². The highest BCUT2D eigenvalue weighted by molar-refractivity contribution is 6.30. The first-order valence-electron chi connectivity index (χ1n) is 8.70. The Kier molecular flexibility index (Phi) is 4.51. The molecule has 3 aromatic rings. The summed E-state index contributed by atoms with van der Waals surface area (Å²) in [5.41, 5.74) is 2.12. The van der Waals surface area contributed by atoms with E-state index in [2.05, 4.69) is 25.8 Å². The van der Waals surface area contributed by atoms with E-state index >= 15 is 0 Å². The molecule has 134 valence electrons. The van der Waals surface area contributed by atoms with Gasteiger partial charge in [0, 0.05) is 32.3 Å². The van der Waals surface area contributed by atoms with Gasteiger partial charge in [-0.25, -0.2) is 9.97 Å². The number of amides is 1. The van der Waals surface area contributed by atoms with Crippen LogP contribution in [0.4, 0.5) is 11.8 Å². The lowest BCUT2D eigenvalue weighted by molar-refractivity contribution is -0.120. The van der Waals surface area contributed by atoms with Crippen molar-refractivity contribution < 1.29 is 4.79 Å². The Morgan fingerprint density at radius 1 is 1.19 bits per heavy atom. The molecule has 6 nitrogen and oxygen atoms in total. The summed E-state index contributed by atoms with van der Waals surface area (Å²) in [6.45, 7) is 1.62. The lowest BCUT2D eigenvalue weighted by atomic mass is 9.96. The van der Waals surface area contributed by atoms with Gasteiger partial charge in [-0.3, -0.25) is 4.79 Å². The van der Waals surface area contributed by atoms with Crippen LogP contribution in [0.15, 0.2) is 42.6 Å². The number of anilines is 2. The van der Waals surface area contributed by atoms with Gasteiger partial charge in [-0.2, -0.15) is 0 Å². The summed E-state index contributed by atoms with van der Waals surface area (Å²) >= 11 is 5.82. The smallest absolute Gasteiger partial charge is 0.228 e. The maximum absolute atomic E-state index is 12.5. The molecular weight excluding hydrogens is 350 g/mol. The Morgan fingerprint density at radius 2 is 1.96 bits per heavy atom. The quantitative estimate of drug-likeness (QED) is 0.767. The van der Waals surface area contributed by atoms with Crippen molar-refractivity contribution in [3.05, 3.63) is 47.6 Å². The molecule has 1 aromatic carbocycles. The number of carbonyl (C=O) groups is 1. The van der Waals surface area contributed by atoms with Crippen LogP contribution in [-0.4, -0.2) is 33.5 Å². The van der Waals surface area contributed by atoms with Gasteiger partial charge in [-0.05, 0) is 37.1 Å². The fourth-order valence-electron chi connectivity index (χ4n) is 3.44. The van der Waals surface area contributed by atoms with E-state index in [9.17, 15) is 4.79 Å². The van der Waals surface area contributed by atoms with Crippen LogP contribution in [0, 0.1) is 5.92 Å². The van der Waals surface area contributed by atoms with Crippen molar-refractivity contribution in [2.45, 2.75) is 12.8 Å². The molecule has 1 fully saturated rings. The number of piperidine rings is 1. The Morgan fingerprint density at radius 3 is 2.65 bits per heavy atom. The minimum atomic E-state index is -0.0154. The molecule has 2 aromatic heterocycles. The first-order valence-corrected chi connectivity index (χ1v) is 9.08. The minimum Gasteiger partial charge on any atom is -0.342 e. The molecule has 26 heavy (non-hydrogen) atoms. The molecule has 0 atom stereocenters. The predicted molar refractivity (Wildman–Crippen MR) is 104 cm³/mol. The van der Waals surface area contributed by atoms with Crippen LogP contribution in [0.25, 0.3) is 11.0 Å². The van der Waals surface area contributed by atoms with Gasteiger partial charge in [0.25, 0.3) is 0 Å². The summed E-state index contributed by atoms with van der Waals surface area (Å²) in [5, 5.41) is 3.43. The van der Waals surface area contributed by atoms with E-state index in [1.54, 1.807) is 12.1 Å². The molecule has 0 radical (unpaired) electrons. The molecule has 0 spiro atoms. The van der Waals surface area contributed by atoms with Crippen molar-refractivity contribution >= 4 is 40.3 Å². The summed E-state index contributed by atoms with van der Waals surface area (Å²) in [6.07, 6.45) is 3.12. The van der Waals surface area contributed by atoms with Crippen LogP contribution in [0.1, 0.15) is 12.8 Å². The fourth-order valence-corrected chi connectivity index (χ4v) is 3.55. The molecule has 0 unspecified atom stereocenters. The molecule has 0 aliphatic carbocycles. The van der Waals surface area contributed by atoms with Crippen LogP contribution in [0.2, 0.25) is 5.02 Å². The van der Waals surface area contributed by atoms with Gasteiger partial charge in [-0.1, -0.05) is 23.7 Å². The van der Waals surface area contributed by atoms with Crippen molar-refractivity contribution in [2.24, 2.45) is 13.0 Å². The van der Waals surface area contributed by atoms with E-state index in [1.165, 1.54) is 6.20 Å². The molecule has 3 heterocycles. The number of imidazole rings is 1. The average molecular weight is 370 g/mol. The van der Waals surface area contributed by atoms with E-state index in [1.807, 2.05) is 25.2 Å².